The highest BCUT2D eigenvalue weighted by Gasteiger charge is 2.15. The number of benzene rings is 1. The van der Waals surface area contributed by atoms with E-state index in [-0.39, 0.29) is 12.4 Å². The highest BCUT2D eigenvalue weighted by Crippen LogP contribution is 2.37. The Morgan fingerprint density at radius 2 is 1.93 bits per heavy atom. The van der Waals surface area contributed by atoms with Gasteiger partial charge in [0.25, 0.3) is 0 Å². The lowest BCUT2D eigenvalue weighted by molar-refractivity contribution is 0.297. The maximum atomic E-state index is 13.3. The molecule has 0 aliphatic carbocycles. The molecule has 0 radical (unpaired) electrons. The maximum absolute atomic E-state index is 13.3. The third kappa shape index (κ3) is 3.79. The molecule has 1 aromatic carbocycles. The Morgan fingerprint density at radius 1 is 1.07 bits per heavy atom. The number of pyridine rings is 1. The zero-order chi connectivity index (χ0) is 18.6. The summed E-state index contributed by atoms with van der Waals surface area (Å²) < 4.78 is 13.3. The summed E-state index contributed by atoms with van der Waals surface area (Å²) in [6.07, 6.45) is 2.14. The zero-order valence-corrected chi connectivity index (χ0v) is 15.2. The number of nitrogens with zero attached hydrogens (tertiary/aromatic N) is 3. The molecule has 5 nitrogen and oxygen atoms in total. The fourth-order valence-electron chi connectivity index (χ4n) is 2.84. The quantitative estimate of drug-likeness (QED) is 0.528. The Balaban J connectivity index is 1.78. The van der Waals surface area contributed by atoms with Crippen LogP contribution in [0.1, 0.15) is 11.5 Å². The van der Waals surface area contributed by atoms with Gasteiger partial charge >= 0.3 is 0 Å². The van der Waals surface area contributed by atoms with Gasteiger partial charge in [-0.2, -0.15) is 0 Å². The molecule has 27 heavy (non-hydrogen) atoms. The van der Waals surface area contributed by atoms with Crippen LogP contribution in [0.2, 0.25) is 0 Å². The Hall–Kier alpha value is -2.90. The topological polar surface area (TPSA) is 70.9 Å². The summed E-state index contributed by atoms with van der Waals surface area (Å²) in [5.41, 5.74) is 2.75. The van der Waals surface area contributed by atoms with Crippen LogP contribution < -0.4 is 5.32 Å². The van der Waals surface area contributed by atoms with Crippen LogP contribution in [0.5, 0.6) is 0 Å². The Labute approximate surface area is 159 Å². The number of hydrogen-bond acceptors (Lipinski definition) is 6. The summed E-state index contributed by atoms with van der Waals surface area (Å²) >= 11 is 1.51. The number of anilines is 1. The van der Waals surface area contributed by atoms with Gasteiger partial charge in [0.05, 0.1) is 24.2 Å². The van der Waals surface area contributed by atoms with E-state index in [1.165, 1.54) is 23.5 Å². The normalized spacial score (nSPS) is 11.0. The lowest BCUT2D eigenvalue weighted by atomic mass is 10.1. The minimum absolute atomic E-state index is 0.0125. The number of thiophene rings is 1. The lowest BCUT2D eigenvalue weighted by Gasteiger charge is -2.10. The first-order chi connectivity index (χ1) is 13.2. The van der Waals surface area contributed by atoms with E-state index in [0.29, 0.717) is 24.6 Å². The van der Waals surface area contributed by atoms with E-state index >= 15 is 0 Å². The average Bonchev–Trinajstić information content (AvgIpc) is 3.12. The van der Waals surface area contributed by atoms with Gasteiger partial charge in [0.15, 0.2) is 0 Å². The van der Waals surface area contributed by atoms with Gasteiger partial charge < -0.3 is 10.4 Å². The summed E-state index contributed by atoms with van der Waals surface area (Å²) in [4.78, 5) is 14.3. The fourth-order valence-corrected chi connectivity index (χ4v) is 3.81. The predicted molar refractivity (Wildman–Crippen MR) is 105 cm³/mol. The van der Waals surface area contributed by atoms with Crippen LogP contribution in [-0.2, 0) is 13.0 Å². The van der Waals surface area contributed by atoms with E-state index < -0.39 is 0 Å². The minimum atomic E-state index is -0.270. The molecule has 0 aliphatic heterocycles. The van der Waals surface area contributed by atoms with Crippen molar-refractivity contribution in [3.63, 3.8) is 0 Å². The van der Waals surface area contributed by atoms with Crippen molar-refractivity contribution < 1.29 is 9.50 Å². The van der Waals surface area contributed by atoms with Gasteiger partial charge in [-0.05, 0) is 29.8 Å². The largest absolute Gasteiger partial charge is 0.396 e. The Bertz CT molecular complexity index is 1050. The van der Waals surface area contributed by atoms with Gasteiger partial charge in [-0.25, -0.2) is 14.4 Å². The molecule has 3 aromatic heterocycles. The molecule has 0 spiro atoms. The van der Waals surface area contributed by atoms with Crippen LogP contribution in [0.15, 0.2) is 54.0 Å². The van der Waals surface area contributed by atoms with Crippen LogP contribution in [0.3, 0.4) is 0 Å². The smallest absolute Gasteiger partial charge is 0.139 e. The second kappa shape index (κ2) is 7.77. The number of fused-ring (bicyclic) bond motifs is 1. The summed E-state index contributed by atoms with van der Waals surface area (Å²) in [6, 6.07) is 12.1. The molecule has 4 aromatic rings. The summed E-state index contributed by atoms with van der Waals surface area (Å²) in [6.45, 7) is 0.506. The average molecular weight is 380 g/mol. The molecule has 0 saturated carbocycles. The molecule has 0 saturated heterocycles. The lowest BCUT2D eigenvalue weighted by Crippen LogP contribution is -2.07. The van der Waals surface area contributed by atoms with Crippen LogP contribution >= 0.6 is 11.3 Å². The fraction of sp³-hybridized carbons (Fsp3) is 0.150. The highest BCUT2D eigenvalue weighted by molar-refractivity contribution is 7.17. The second-order valence-electron chi connectivity index (χ2n) is 5.97. The van der Waals surface area contributed by atoms with E-state index in [0.717, 1.165) is 27.0 Å². The van der Waals surface area contributed by atoms with Gasteiger partial charge in [0.1, 0.15) is 22.3 Å². The van der Waals surface area contributed by atoms with Crippen molar-refractivity contribution >= 4 is 27.4 Å². The monoisotopic (exact) mass is 380 g/mol. The highest BCUT2D eigenvalue weighted by atomic mass is 32.1. The molecule has 0 atom stereocenters. The van der Waals surface area contributed by atoms with E-state index in [9.17, 15) is 9.50 Å². The molecule has 0 unspecified atom stereocenters. The minimum Gasteiger partial charge on any atom is -0.396 e. The number of aliphatic hydroxyl groups is 1. The van der Waals surface area contributed by atoms with Gasteiger partial charge in [0.2, 0.25) is 0 Å². The van der Waals surface area contributed by atoms with E-state index in [4.69, 9.17) is 0 Å². The van der Waals surface area contributed by atoms with Crippen LogP contribution in [0, 0.1) is 5.82 Å². The molecule has 3 heterocycles. The number of hydrogen-bond donors (Lipinski definition) is 2. The van der Waals surface area contributed by atoms with E-state index in [1.54, 1.807) is 18.3 Å². The van der Waals surface area contributed by atoms with Crippen molar-refractivity contribution in [2.24, 2.45) is 0 Å². The molecule has 0 aliphatic rings. The zero-order valence-electron chi connectivity index (χ0n) is 14.4. The van der Waals surface area contributed by atoms with Crippen molar-refractivity contribution in [3.05, 3.63) is 71.4 Å². The molecular weight excluding hydrogens is 363 g/mol. The number of nitrogens with one attached hydrogen (secondary N) is 1. The van der Waals surface area contributed by atoms with Crippen LogP contribution in [0.4, 0.5) is 10.2 Å². The van der Waals surface area contributed by atoms with E-state index in [2.05, 4.69) is 20.3 Å². The van der Waals surface area contributed by atoms with Crippen molar-refractivity contribution in [1.29, 1.82) is 0 Å². The van der Waals surface area contributed by atoms with Gasteiger partial charge in [-0.1, -0.05) is 18.2 Å². The van der Waals surface area contributed by atoms with Crippen molar-refractivity contribution in [1.82, 2.24) is 15.0 Å². The molecule has 4 rings (SSSR count). The molecule has 136 valence electrons. The first-order valence-electron chi connectivity index (χ1n) is 8.53. The second-order valence-corrected chi connectivity index (χ2v) is 6.83. The maximum Gasteiger partial charge on any atom is 0.139 e. The predicted octanol–water partition coefficient (Wildman–Crippen LogP) is 4.04. The molecule has 0 amide bonds. The van der Waals surface area contributed by atoms with Crippen molar-refractivity contribution in [2.75, 3.05) is 11.9 Å². The molecule has 0 bridgehead atoms. The van der Waals surface area contributed by atoms with Crippen LogP contribution in [-0.4, -0.2) is 26.7 Å². The van der Waals surface area contributed by atoms with Gasteiger partial charge in [-0.3, -0.25) is 4.98 Å². The first kappa shape index (κ1) is 17.5. The van der Waals surface area contributed by atoms with Crippen LogP contribution in [0.25, 0.3) is 21.3 Å². The van der Waals surface area contributed by atoms with Crippen molar-refractivity contribution in [3.8, 4) is 11.1 Å². The number of halogens is 1. The van der Waals surface area contributed by atoms with E-state index in [1.807, 2.05) is 23.6 Å². The summed E-state index contributed by atoms with van der Waals surface area (Å²) in [7, 11) is 0. The molecule has 2 N–H and O–H groups in total. The summed E-state index contributed by atoms with van der Waals surface area (Å²) in [5.74, 6) is 1.00. The third-order valence-corrected chi connectivity index (χ3v) is 5.01. The third-order valence-electron chi connectivity index (χ3n) is 4.13. The number of rotatable bonds is 6. The molecule has 7 heteroatoms. The number of aliphatic hydroxyl groups excluding tert-OH is 1. The SMILES string of the molecule is OCCc1nc(NCc2ccccn2)c2c(-c3ccc(F)cc3)csc2n1. The summed E-state index contributed by atoms with van der Waals surface area (Å²) in [5, 5.41) is 15.5. The number of aromatic nitrogens is 3. The first-order valence-corrected chi connectivity index (χ1v) is 9.41. The molecular formula is C20H17FN4OS. The van der Waals surface area contributed by atoms with Crippen molar-refractivity contribution in [2.45, 2.75) is 13.0 Å². The standard InChI is InChI=1S/C20H17FN4OS/c21-14-6-4-13(5-7-14)16-12-27-20-18(16)19(24-17(25-20)8-10-26)23-11-15-3-1-2-9-22-15/h1-7,9,12,26H,8,10-11H2,(H,23,24,25). The van der Waals surface area contributed by atoms with Gasteiger partial charge in [0, 0.05) is 23.6 Å². The molecule has 0 fully saturated rings. The van der Waals surface area contributed by atoms with Gasteiger partial charge in [-0.15, -0.1) is 11.3 Å². The Kier molecular flexibility index (Phi) is 5.04. The Morgan fingerprint density at radius 3 is 2.67 bits per heavy atom.